The molecule has 0 radical (unpaired) electrons. The molecule has 0 bridgehead atoms. The van der Waals surface area contributed by atoms with Crippen LogP contribution in [0.1, 0.15) is 23.5 Å². The number of nitrogens with zero attached hydrogens (tertiary/aromatic N) is 1. The largest absolute Gasteiger partial charge is 0.497 e. The highest BCUT2D eigenvalue weighted by atomic mass is 16.6. The Bertz CT molecular complexity index is 744. The van der Waals surface area contributed by atoms with Crippen LogP contribution < -0.4 is 4.74 Å². The van der Waals surface area contributed by atoms with Crippen molar-refractivity contribution in [1.82, 2.24) is 0 Å². The molecule has 2 atom stereocenters. The van der Waals surface area contributed by atoms with Gasteiger partial charge in [-0.05, 0) is 29.8 Å². The molecule has 2 aromatic rings. The van der Waals surface area contributed by atoms with Crippen molar-refractivity contribution >= 4 is 5.76 Å². The number of hydrogen-bond acceptors (Lipinski definition) is 4. The van der Waals surface area contributed by atoms with Gasteiger partial charge in [0.2, 0.25) is 0 Å². The first-order chi connectivity index (χ1) is 11.2. The summed E-state index contributed by atoms with van der Waals surface area (Å²) in [4.78, 5) is 0. The molecule has 0 aromatic heterocycles. The van der Waals surface area contributed by atoms with Crippen molar-refractivity contribution in [2.24, 2.45) is 0 Å². The van der Waals surface area contributed by atoms with Gasteiger partial charge in [-0.2, -0.15) is 5.26 Å². The predicted octanol–water partition coefficient (Wildman–Crippen LogP) is 3.45. The first-order valence-corrected chi connectivity index (χ1v) is 7.41. The molecule has 0 amide bonds. The van der Waals surface area contributed by atoms with Gasteiger partial charge in [0.25, 0.3) is 0 Å². The molecule has 0 aliphatic carbocycles. The first-order valence-electron chi connectivity index (χ1n) is 7.41. The molecule has 0 saturated heterocycles. The van der Waals surface area contributed by atoms with E-state index in [4.69, 9.17) is 9.47 Å². The van der Waals surface area contributed by atoms with Gasteiger partial charge in [0.15, 0.2) is 6.29 Å². The lowest BCUT2D eigenvalue weighted by Crippen LogP contribution is -2.23. The van der Waals surface area contributed by atoms with Crippen LogP contribution in [0.5, 0.6) is 5.75 Å². The minimum atomic E-state index is -0.936. The zero-order valence-corrected chi connectivity index (χ0v) is 12.8. The summed E-state index contributed by atoms with van der Waals surface area (Å²) in [6.45, 7) is 0. The van der Waals surface area contributed by atoms with Crippen molar-refractivity contribution in [3.05, 3.63) is 71.3 Å². The van der Waals surface area contributed by atoms with Crippen molar-refractivity contribution in [2.75, 3.05) is 7.11 Å². The topological polar surface area (TPSA) is 62.5 Å². The Morgan fingerprint density at radius 1 is 1.13 bits per heavy atom. The molecule has 1 aliphatic rings. The van der Waals surface area contributed by atoms with Gasteiger partial charge in [0, 0.05) is 17.9 Å². The Labute approximate surface area is 135 Å². The Balaban J connectivity index is 2.07. The van der Waals surface area contributed by atoms with Gasteiger partial charge >= 0.3 is 0 Å². The van der Waals surface area contributed by atoms with Crippen LogP contribution in [0.3, 0.4) is 0 Å². The minimum absolute atomic E-state index is 0.179. The van der Waals surface area contributed by atoms with E-state index in [9.17, 15) is 10.4 Å². The fourth-order valence-electron chi connectivity index (χ4n) is 2.81. The molecule has 1 unspecified atom stereocenters. The highest BCUT2D eigenvalue weighted by Crippen LogP contribution is 2.40. The van der Waals surface area contributed by atoms with E-state index in [1.54, 1.807) is 19.2 Å². The SMILES string of the molecule is COc1ccc(C2=C(C#N)[C@H](c3ccccc3)CC(O)O2)cc1. The van der Waals surface area contributed by atoms with Crippen LogP contribution >= 0.6 is 0 Å². The summed E-state index contributed by atoms with van der Waals surface area (Å²) in [7, 11) is 1.60. The molecule has 0 spiro atoms. The molecule has 116 valence electrons. The van der Waals surface area contributed by atoms with E-state index in [0.717, 1.165) is 16.9 Å². The second-order valence-corrected chi connectivity index (χ2v) is 5.35. The van der Waals surface area contributed by atoms with Crippen molar-refractivity contribution in [3.63, 3.8) is 0 Å². The maximum absolute atomic E-state index is 10.1. The van der Waals surface area contributed by atoms with Crippen LogP contribution in [0.25, 0.3) is 5.76 Å². The first kappa shape index (κ1) is 15.1. The number of hydrogen-bond donors (Lipinski definition) is 1. The third-order valence-electron chi connectivity index (χ3n) is 3.96. The van der Waals surface area contributed by atoms with Gasteiger partial charge in [-0.25, -0.2) is 0 Å². The molecule has 0 saturated carbocycles. The summed E-state index contributed by atoms with van der Waals surface area (Å²) in [6.07, 6.45) is -0.568. The second kappa shape index (κ2) is 6.55. The summed E-state index contributed by atoms with van der Waals surface area (Å²) in [5, 5.41) is 19.7. The van der Waals surface area contributed by atoms with E-state index in [1.807, 2.05) is 42.5 Å². The van der Waals surface area contributed by atoms with Gasteiger partial charge < -0.3 is 14.6 Å². The fraction of sp³-hybridized carbons (Fsp3) is 0.211. The molecule has 0 fully saturated rings. The number of rotatable bonds is 3. The Kier molecular flexibility index (Phi) is 4.31. The summed E-state index contributed by atoms with van der Waals surface area (Å²) in [5.41, 5.74) is 2.28. The predicted molar refractivity (Wildman–Crippen MR) is 86.4 cm³/mol. The average Bonchev–Trinajstić information content (AvgIpc) is 2.62. The molecular weight excluding hydrogens is 290 g/mol. The van der Waals surface area contributed by atoms with E-state index >= 15 is 0 Å². The number of allylic oxidation sites excluding steroid dienone is 1. The summed E-state index contributed by atoms with van der Waals surface area (Å²) in [6, 6.07) is 19.2. The zero-order chi connectivity index (χ0) is 16.2. The van der Waals surface area contributed by atoms with Gasteiger partial charge in [-0.15, -0.1) is 0 Å². The van der Waals surface area contributed by atoms with Crippen LogP contribution in [-0.2, 0) is 4.74 Å². The quantitative estimate of drug-likeness (QED) is 0.943. The molecule has 4 nitrogen and oxygen atoms in total. The van der Waals surface area contributed by atoms with Gasteiger partial charge in [-0.3, -0.25) is 0 Å². The number of nitriles is 1. The summed E-state index contributed by atoms with van der Waals surface area (Å²) < 4.78 is 10.7. The maximum atomic E-state index is 10.1. The Hall–Kier alpha value is -2.77. The van der Waals surface area contributed by atoms with Crippen LogP contribution in [0.2, 0.25) is 0 Å². The van der Waals surface area contributed by atoms with Gasteiger partial charge in [-0.1, -0.05) is 30.3 Å². The van der Waals surface area contributed by atoms with Crippen LogP contribution in [0, 0.1) is 11.3 Å². The number of aliphatic hydroxyl groups is 1. The van der Waals surface area contributed by atoms with E-state index in [1.165, 1.54) is 0 Å². The number of ether oxygens (including phenoxy) is 2. The highest BCUT2D eigenvalue weighted by Gasteiger charge is 2.31. The molecule has 2 aromatic carbocycles. The van der Waals surface area contributed by atoms with E-state index in [-0.39, 0.29) is 5.92 Å². The maximum Gasteiger partial charge on any atom is 0.198 e. The lowest BCUT2D eigenvalue weighted by atomic mass is 9.85. The molecule has 4 heteroatoms. The zero-order valence-electron chi connectivity index (χ0n) is 12.8. The molecule has 1 heterocycles. The Morgan fingerprint density at radius 3 is 2.43 bits per heavy atom. The number of methoxy groups -OCH3 is 1. The van der Waals surface area contributed by atoms with Gasteiger partial charge in [0.1, 0.15) is 11.5 Å². The van der Waals surface area contributed by atoms with Crippen LogP contribution in [0.4, 0.5) is 0 Å². The van der Waals surface area contributed by atoms with Gasteiger partial charge in [0.05, 0.1) is 18.8 Å². The molecule has 3 rings (SSSR count). The molecule has 23 heavy (non-hydrogen) atoms. The van der Waals surface area contributed by atoms with Crippen LogP contribution in [-0.4, -0.2) is 18.5 Å². The standard InChI is InChI=1S/C19H17NO3/c1-22-15-9-7-14(8-10-15)19-17(12-20)16(11-18(21)23-19)13-5-3-2-4-6-13/h2-10,16,18,21H,11H2,1H3/t16-,18?/m0/s1. The van der Waals surface area contributed by atoms with E-state index in [0.29, 0.717) is 17.8 Å². The minimum Gasteiger partial charge on any atom is -0.497 e. The molecule has 1 N–H and O–H groups in total. The van der Waals surface area contributed by atoms with Crippen LogP contribution in [0.15, 0.2) is 60.2 Å². The lowest BCUT2D eigenvalue weighted by Gasteiger charge is -2.29. The summed E-state index contributed by atoms with van der Waals surface area (Å²) in [5.74, 6) is 0.980. The van der Waals surface area contributed by atoms with Crippen molar-refractivity contribution in [1.29, 1.82) is 5.26 Å². The second-order valence-electron chi connectivity index (χ2n) is 5.35. The number of aliphatic hydroxyl groups excluding tert-OH is 1. The Morgan fingerprint density at radius 2 is 1.83 bits per heavy atom. The number of benzene rings is 2. The van der Waals surface area contributed by atoms with Crippen molar-refractivity contribution < 1.29 is 14.6 Å². The van der Waals surface area contributed by atoms with E-state index < -0.39 is 6.29 Å². The van der Waals surface area contributed by atoms with Crippen molar-refractivity contribution in [2.45, 2.75) is 18.6 Å². The molecule has 1 aliphatic heterocycles. The summed E-state index contributed by atoms with van der Waals surface area (Å²) >= 11 is 0. The lowest BCUT2D eigenvalue weighted by molar-refractivity contribution is -0.0545. The average molecular weight is 307 g/mol. The van der Waals surface area contributed by atoms with E-state index in [2.05, 4.69) is 6.07 Å². The van der Waals surface area contributed by atoms with Crippen molar-refractivity contribution in [3.8, 4) is 11.8 Å². The monoisotopic (exact) mass is 307 g/mol. The third-order valence-corrected chi connectivity index (χ3v) is 3.96. The smallest absolute Gasteiger partial charge is 0.198 e. The normalized spacial score (nSPS) is 20.6. The molecular formula is C19H17NO3. The fourth-order valence-corrected chi connectivity index (χ4v) is 2.81. The highest BCUT2D eigenvalue weighted by molar-refractivity contribution is 5.70. The third kappa shape index (κ3) is 3.05.